The Balaban J connectivity index is 1.68. The van der Waals surface area contributed by atoms with Gasteiger partial charge in [0.1, 0.15) is 5.82 Å². The van der Waals surface area contributed by atoms with Gasteiger partial charge in [-0.05, 0) is 68.5 Å². The first-order valence-corrected chi connectivity index (χ1v) is 8.83. The maximum Gasteiger partial charge on any atom is 0.123 e. The Kier molecular flexibility index (Phi) is 5.88. The fourth-order valence-electron chi connectivity index (χ4n) is 2.96. The van der Waals surface area contributed by atoms with Gasteiger partial charge in [-0.25, -0.2) is 4.39 Å². The van der Waals surface area contributed by atoms with Crippen LogP contribution in [0.25, 0.3) is 16.6 Å². The van der Waals surface area contributed by atoms with E-state index in [2.05, 4.69) is 53.1 Å². The summed E-state index contributed by atoms with van der Waals surface area (Å²) in [5.74, 6) is 6.29. The number of rotatable bonds is 6. The summed E-state index contributed by atoms with van der Waals surface area (Å²) in [6.45, 7) is 5.69. The van der Waals surface area contributed by atoms with Crippen LogP contribution in [0.2, 0.25) is 0 Å². The molecule has 1 aromatic heterocycles. The van der Waals surface area contributed by atoms with Crippen LogP contribution in [0.3, 0.4) is 0 Å². The normalized spacial score (nSPS) is 10.7. The van der Waals surface area contributed by atoms with Gasteiger partial charge in [-0.2, -0.15) is 0 Å². The predicted molar refractivity (Wildman–Crippen MR) is 107 cm³/mol. The largest absolute Gasteiger partial charge is 0.317 e. The second-order valence-electron chi connectivity index (χ2n) is 6.39. The molecule has 2 aromatic carbocycles. The van der Waals surface area contributed by atoms with E-state index >= 15 is 0 Å². The Morgan fingerprint density at radius 3 is 2.73 bits per heavy atom. The van der Waals surface area contributed by atoms with Gasteiger partial charge in [0.2, 0.25) is 0 Å². The minimum Gasteiger partial charge on any atom is -0.317 e. The van der Waals surface area contributed by atoms with Crippen molar-refractivity contribution in [3.63, 3.8) is 0 Å². The first-order valence-electron chi connectivity index (χ1n) is 8.83. The van der Waals surface area contributed by atoms with Crippen molar-refractivity contribution in [1.29, 1.82) is 0 Å². The van der Waals surface area contributed by atoms with Crippen molar-refractivity contribution in [2.75, 3.05) is 20.1 Å². The molecule has 0 N–H and O–H groups in total. The maximum absolute atomic E-state index is 13.1. The number of hydrogen-bond acceptors (Lipinski definition) is 1. The van der Waals surface area contributed by atoms with Gasteiger partial charge in [0.25, 0.3) is 0 Å². The van der Waals surface area contributed by atoms with Crippen molar-refractivity contribution in [2.45, 2.75) is 12.8 Å². The monoisotopic (exact) mass is 346 g/mol. The molecule has 3 aromatic rings. The van der Waals surface area contributed by atoms with Crippen LogP contribution in [0.1, 0.15) is 18.4 Å². The van der Waals surface area contributed by atoms with Gasteiger partial charge < -0.3 is 9.47 Å². The number of benzene rings is 2. The minimum atomic E-state index is -0.224. The highest BCUT2D eigenvalue weighted by atomic mass is 19.1. The van der Waals surface area contributed by atoms with Gasteiger partial charge in [-0.15, -0.1) is 6.58 Å². The van der Waals surface area contributed by atoms with Crippen molar-refractivity contribution in [3.8, 4) is 17.5 Å². The molecule has 0 atom stereocenters. The van der Waals surface area contributed by atoms with Crippen molar-refractivity contribution < 1.29 is 4.39 Å². The Morgan fingerprint density at radius 1 is 1.15 bits per heavy atom. The first-order chi connectivity index (χ1) is 12.7. The van der Waals surface area contributed by atoms with Gasteiger partial charge in [-0.3, -0.25) is 0 Å². The average Bonchev–Trinajstić information content (AvgIpc) is 3.05. The third-order valence-electron chi connectivity index (χ3n) is 4.31. The lowest BCUT2D eigenvalue weighted by Gasteiger charge is -2.12. The van der Waals surface area contributed by atoms with E-state index in [0.29, 0.717) is 0 Å². The lowest BCUT2D eigenvalue weighted by Crippen LogP contribution is -2.19. The summed E-state index contributed by atoms with van der Waals surface area (Å²) in [6, 6.07) is 14.8. The van der Waals surface area contributed by atoms with Crippen molar-refractivity contribution >= 4 is 10.9 Å². The van der Waals surface area contributed by atoms with E-state index in [1.165, 1.54) is 12.1 Å². The zero-order valence-electron chi connectivity index (χ0n) is 15.1. The van der Waals surface area contributed by atoms with Gasteiger partial charge in [0, 0.05) is 35.8 Å². The number of aromatic nitrogens is 1. The Bertz CT molecular complexity index is 942. The lowest BCUT2D eigenvalue weighted by molar-refractivity contribution is 0.366. The molecular weight excluding hydrogens is 323 g/mol. The lowest BCUT2D eigenvalue weighted by atomic mass is 10.1. The third kappa shape index (κ3) is 4.41. The van der Waals surface area contributed by atoms with Crippen molar-refractivity contribution in [2.24, 2.45) is 0 Å². The molecule has 26 heavy (non-hydrogen) atoms. The maximum atomic E-state index is 13.1. The molecule has 0 aliphatic rings. The van der Waals surface area contributed by atoms with Gasteiger partial charge in [0.05, 0.1) is 5.52 Å². The first kappa shape index (κ1) is 18.0. The molecule has 0 radical (unpaired) electrons. The highest BCUT2D eigenvalue weighted by molar-refractivity contribution is 5.83. The Hall–Kier alpha value is -2.83. The number of halogens is 1. The van der Waals surface area contributed by atoms with Crippen molar-refractivity contribution in [3.05, 3.63) is 78.8 Å². The summed E-state index contributed by atoms with van der Waals surface area (Å²) in [5, 5.41) is 1.13. The zero-order chi connectivity index (χ0) is 18.4. The molecule has 3 rings (SSSR count). The van der Waals surface area contributed by atoms with Gasteiger partial charge >= 0.3 is 0 Å². The van der Waals surface area contributed by atoms with Crippen LogP contribution in [0.15, 0.2) is 67.4 Å². The highest BCUT2D eigenvalue weighted by Crippen LogP contribution is 2.21. The Labute approximate surface area is 154 Å². The van der Waals surface area contributed by atoms with Crippen LogP contribution in [0.5, 0.6) is 0 Å². The molecule has 0 amide bonds. The Morgan fingerprint density at radius 2 is 1.96 bits per heavy atom. The zero-order valence-corrected chi connectivity index (χ0v) is 15.1. The van der Waals surface area contributed by atoms with Crippen LogP contribution in [0, 0.1) is 17.7 Å². The smallest absolute Gasteiger partial charge is 0.123 e. The van der Waals surface area contributed by atoms with E-state index in [9.17, 15) is 4.39 Å². The molecule has 3 heteroatoms. The summed E-state index contributed by atoms with van der Waals surface area (Å²) in [4.78, 5) is 2.24. The van der Waals surface area contributed by atoms with Crippen LogP contribution >= 0.6 is 0 Å². The summed E-state index contributed by atoms with van der Waals surface area (Å²) >= 11 is 0. The van der Waals surface area contributed by atoms with Crippen LogP contribution in [-0.4, -0.2) is 29.6 Å². The van der Waals surface area contributed by atoms with Crippen LogP contribution in [-0.2, 0) is 0 Å². The molecule has 2 nitrogen and oxygen atoms in total. The SMILES string of the molecule is C=CCN(C)CCCC#Cc1ccc2c(ccn2-c2ccc(F)cc2)c1. The topological polar surface area (TPSA) is 8.17 Å². The molecule has 0 saturated heterocycles. The summed E-state index contributed by atoms with van der Waals surface area (Å²) < 4.78 is 15.2. The van der Waals surface area contributed by atoms with E-state index in [-0.39, 0.29) is 5.82 Å². The van der Waals surface area contributed by atoms with Crippen molar-refractivity contribution in [1.82, 2.24) is 9.47 Å². The molecular formula is C23H23FN2. The third-order valence-corrected chi connectivity index (χ3v) is 4.31. The van der Waals surface area contributed by atoms with E-state index < -0.39 is 0 Å². The molecule has 0 saturated carbocycles. The molecule has 1 heterocycles. The van der Waals surface area contributed by atoms with E-state index in [0.717, 1.165) is 48.1 Å². The second-order valence-corrected chi connectivity index (χ2v) is 6.39. The molecule has 132 valence electrons. The van der Waals surface area contributed by atoms with Gasteiger partial charge in [-0.1, -0.05) is 17.9 Å². The van der Waals surface area contributed by atoms with Crippen LogP contribution in [0.4, 0.5) is 4.39 Å². The number of likely N-dealkylation sites (N-methyl/N-ethyl adjacent to an activating group) is 1. The molecule has 0 unspecified atom stereocenters. The fraction of sp³-hybridized carbons (Fsp3) is 0.217. The molecule has 0 fully saturated rings. The average molecular weight is 346 g/mol. The molecule has 0 aliphatic heterocycles. The predicted octanol–water partition coefficient (Wildman–Crippen LogP) is 5.02. The van der Waals surface area contributed by atoms with E-state index in [4.69, 9.17) is 0 Å². The fourth-order valence-corrected chi connectivity index (χ4v) is 2.96. The molecule has 0 aliphatic carbocycles. The van der Waals surface area contributed by atoms with Crippen LogP contribution < -0.4 is 0 Å². The molecule has 0 spiro atoms. The molecule has 0 bridgehead atoms. The second kappa shape index (κ2) is 8.51. The minimum absolute atomic E-state index is 0.224. The number of fused-ring (bicyclic) bond motifs is 1. The van der Waals surface area contributed by atoms with E-state index in [1.807, 2.05) is 18.3 Å². The summed E-state index contributed by atoms with van der Waals surface area (Å²) in [7, 11) is 2.09. The number of unbranched alkanes of at least 4 members (excludes halogenated alkanes) is 1. The van der Waals surface area contributed by atoms with E-state index in [1.54, 1.807) is 12.1 Å². The highest BCUT2D eigenvalue weighted by Gasteiger charge is 2.04. The summed E-state index contributed by atoms with van der Waals surface area (Å²) in [5.41, 5.74) is 3.06. The number of nitrogens with zero attached hydrogens (tertiary/aromatic N) is 2. The summed E-state index contributed by atoms with van der Waals surface area (Å²) in [6.07, 6.45) is 5.86. The number of hydrogen-bond donors (Lipinski definition) is 0. The van der Waals surface area contributed by atoms with Gasteiger partial charge in [0.15, 0.2) is 0 Å². The standard InChI is InChI=1S/C23H23FN2/c1-3-15-25(2)16-6-4-5-7-19-8-13-23-20(18-19)14-17-26(23)22-11-9-21(24)10-12-22/h3,8-14,17-18H,1,4,6,15-16H2,2H3. The quantitative estimate of drug-likeness (QED) is 0.346.